The van der Waals surface area contributed by atoms with Crippen molar-refractivity contribution >= 4 is 19.8 Å². The Labute approximate surface area is 399 Å². The van der Waals surface area contributed by atoms with Crippen molar-refractivity contribution < 1.29 is 73.3 Å². The number of unbranched alkanes of at least 4 members (excludes halogenated alkanes) is 6. The van der Waals surface area contributed by atoms with Crippen molar-refractivity contribution in [3.8, 4) is 0 Å². The summed E-state index contributed by atoms with van der Waals surface area (Å²) >= 11 is 0. The second-order valence-corrected chi connectivity index (χ2v) is 18.0. The molecule has 1 rings (SSSR count). The third-order valence-corrected chi connectivity index (χ3v) is 11.6. The number of aliphatic hydroxyl groups is 7. The monoisotopic (exact) mass is 967 g/mol. The van der Waals surface area contributed by atoms with E-state index in [-0.39, 0.29) is 32.1 Å². The zero-order valence-electron chi connectivity index (χ0n) is 39.9. The van der Waals surface area contributed by atoms with E-state index in [1.807, 2.05) is 30.4 Å². The SMILES string of the molecule is CCCCC/C=C\C/C=C\C/C=C\C/C=C\C/C=C\CCC(=O)O[C@H](COC(=O)CCCC(O)C(O)C/C=C\C/C=C\C/C=C\CCCCC)COP(=O)(O)OC1[C@H](O)[C@H](O)C(O)[C@H](O)[C@H]1O. The van der Waals surface area contributed by atoms with Gasteiger partial charge in [0, 0.05) is 12.8 Å². The Hall–Kier alpha value is -3.31. The summed E-state index contributed by atoms with van der Waals surface area (Å²) in [5.74, 6) is -1.49. The first-order valence-corrected chi connectivity index (χ1v) is 25.7. The summed E-state index contributed by atoms with van der Waals surface area (Å²) in [4.78, 5) is 35.8. The number of hydrogen-bond donors (Lipinski definition) is 8. The maximum atomic E-state index is 12.8. The van der Waals surface area contributed by atoms with Gasteiger partial charge in [0.1, 0.15) is 43.2 Å². The molecule has 1 aliphatic carbocycles. The number of phosphoric ester groups is 1. The molecule has 0 heterocycles. The fraction of sp³-hybridized carbons (Fsp3) is 0.647. The van der Waals surface area contributed by atoms with Gasteiger partial charge >= 0.3 is 19.8 Å². The summed E-state index contributed by atoms with van der Waals surface area (Å²) in [7, 11) is -5.22. The molecule has 15 nitrogen and oxygen atoms in total. The first-order valence-electron chi connectivity index (χ1n) is 24.2. The van der Waals surface area contributed by atoms with Crippen LogP contribution in [0.4, 0.5) is 0 Å². The standard InChI is InChI=1S/C51H83O15P/c1-3-5-7-9-11-13-15-17-18-19-20-21-22-23-25-27-29-31-33-37-45(55)65-41(40-64-67(61,62)66-51-49(59)47(57)46(56)48(58)50(51)60)39-63-44(54)38-34-36-43(53)42(52)35-32-30-28-26-24-16-14-12-10-8-6-4-2/h11-14,17-18,20-21,23-26,29-32,41-43,46-53,56-60H,3-10,15-16,19,22,27-28,33-40H2,1-2H3,(H,61,62)/b13-11-,14-12-,18-17-,21-20-,25-23-,26-24-,31-29-,32-30-/t41-,42?,43?,46?,47-,48+,49-,50-,51?/m1/s1. The topological polar surface area (TPSA) is 250 Å². The van der Waals surface area contributed by atoms with Crippen LogP contribution in [0.3, 0.4) is 0 Å². The average Bonchev–Trinajstić information content (AvgIpc) is 3.30. The molecule has 0 radical (unpaired) electrons. The van der Waals surface area contributed by atoms with Crippen molar-refractivity contribution in [3.63, 3.8) is 0 Å². The van der Waals surface area contributed by atoms with Crippen LogP contribution >= 0.6 is 7.82 Å². The highest BCUT2D eigenvalue weighted by molar-refractivity contribution is 7.47. The van der Waals surface area contributed by atoms with Crippen molar-refractivity contribution in [2.75, 3.05) is 13.2 Å². The first-order chi connectivity index (χ1) is 32.2. The van der Waals surface area contributed by atoms with E-state index < -0.39 is 87.9 Å². The molecule has 0 spiro atoms. The van der Waals surface area contributed by atoms with E-state index in [0.29, 0.717) is 19.3 Å². The van der Waals surface area contributed by atoms with Gasteiger partial charge < -0.3 is 50.1 Å². The number of aliphatic hydroxyl groups excluding tert-OH is 7. The molecule has 0 aromatic heterocycles. The summed E-state index contributed by atoms with van der Waals surface area (Å²) in [6, 6.07) is 0. The van der Waals surface area contributed by atoms with Gasteiger partial charge in [0.2, 0.25) is 0 Å². The van der Waals surface area contributed by atoms with E-state index in [2.05, 4.69) is 68.5 Å². The Balaban J connectivity index is 2.62. The van der Waals surface area contributed by atoms with Gasteiger partial charge in [0.25, 0.3) is 0 Å². The number of hydrogen-bond acceptors (Lipinski definition) is 14. The average molecular weight is 967 g/mol. The van der Waals surface area contributed by atoms with Crippen LogP contribution in [0.1, 0.15) is 142 Å². The lowest BCUT2D eigenvalue weighted by Crippen LogP contribution is -2.64. The van der Waals surface area contributed by atoms with E-state index in [1.165, 1.54) is 38.5 Å². The molecule has 8 N–H and O–H groups in total. The van der Waals surface area contributed by atoms with Crippen molar-refractivity contribution in [3.05, 3.63) is 97.2 Å². The molecule has 1 saturated carbocycles. The number of phosphoric acid groups is 1. The third kappa shape index (κ3) is 31.4. The van der Waals surface area contributed by atoms with Crippen LogP contribution in [0, 0.1) is 0 Å². The van der Waals surface area contributed by atoms with Gasteiger partial charge in [-0.05, 0) is 89.9 Å². The van der Waals surface area contributed by atoms with E-state index in [9.17, 15) is 54.8 Å². The Kier molecular flexibility index (Phi) is 36.4. The predicted octanol–water partition coefficient (Wildman–Crippen LogP) is 7.77. The highest BCUT2D eigenvalue weighted by Gasteiger charge is 2.51. The molecule has 5 unspecified atom stereocenters. The van der Waals surface area contributed by atoms with Crippen molar-refractivity contribution in [1.82, 2.24) is 0 Å². The first kappa shape index (κ1) is 61.7. The third-order valence-electron chi connectivity index (χ3n) is 10.6. The fourth-order valence-electron chi connectivity index (χ4n) is 6.55. The van der Waals surface area contributed by atoms with Gasteiger partial charge in [-0.2, -0.15) is 0 Å². The normalized spacial score (nSPS) is 23.0. The summed E-state index contributed by atoms with van der Waals surface area (Å²) < 4.78 is 33.3. The highest BCUT2D eigenvalue weighted by atomic mass is 31.2. The molecule has 67 heavy (non-hydrogen) atoms. The molecule has 16 heteroatoms. The van der Waals surface area contributed by atoms with Crippen LogP contribution in [-0.2, 0) is 32.7 Å². The molecule has 1 aliphatic rings. The van der Waals surface area contributed by atoms with Gasteiger partial charge in [-0.3, -0.25) is 18.6 Å². The smallest absolute Gasteiger partial charge is 0.462 e. The largest absolute Gasteiger partial charge is 0.472 e. The Bertz CT molecular complexity index is 1570. The highest BCUT2D eigenvalue weighted by Crippen LogP contribution is 2.47. The molecule has 0 saturated heterocycles. The van der Waals surface area contributed by atoms with Crippen molar-refractivity contribution in [2.24, 2.45) is 0 Å². The lowest BCUT2D eigenvalue weighted by molar-refractivity contribution is -0.220. The molecule has 0 bridgehead atoms. The van der Waals surface area contributed by atoms with Gasteiger partial charge in [-0.25, -0.2) is 4.57 Å². The predicted molar refractivity (Wildman–Crippen MR) is 260 cm³/mol. The molecule has 1 fully saturated rings. The molecular weight excluding hydrogens is 884 g/mol. The van der Waals surface area contributed by atoms with Crippen molar-refractivity contribution in [1.29, 1.82) is 0 Å². The van der Waals surface area contributed by atoms with Crippen LogP contribution in [0.2, 0.25) is 0 Å². The maximum Gasteiger partial charge on any atom is 0.472 e. The second-order valence-electron chi connectivity index (χ2n) is 16.6. The number of carbonyl (C=O) groups excluding carboxylic acids is 2. The summed E-state index contributed by atoms with van der Waals surface area (Å²) in [5.41, 5.74) is 0. The second kappa shape index (κ2) is 39.5. The van der Waals surface area contributed by atoms with E-state index in [1.54, 1.807) is 12.2 Å². The molecule has 0 aromatic rings. The number of carbonyl (C=O) groups is 2. The van der Waals surface area contributed by atoms with Crippen LogP contribution in [0.15, 0.2) is 97.2 Å². The molecular formula is C51H83O15P. The summed E-state index contributed by atoms with van der Waals surface area (Å²) in [5, 5.41) is 71.0. The van der Waals surface area contributed by atoms with E-state index in [0.717, 1.165) is 38.5 Å². The van der Waals surface area contributed by atoms with Gasteiger partial charge in [-0.15, -0.1) is 0 Å². The number of allylic oxidation sites excluding steroid dienone is 15. The van der Waals surface area contributed by atoms with E-state index in [4.69, 9.17) is 18.5 Å². The molecule has 0 aromatic carbocycles. The Morgan fingerprint density at radius 3 is 1.43 bits per heavy atom. The molecule has 382 valence electrons. The minimum atomic E-state index is -5.22. The Morgan fingerprint density at radius 1 is 0.522 bits per heavy atom. The van der Waals surface area contributed by atoms with Crippen molar-refractivity contribution in [2.45, 2.75) is 197 Å². The van der Waals surface area contributed by atoms with Gasteiger partial charge in [-0.1, -0.05) is 137 Å². The van der Waals surface area contributed by atoms with Crippen LogP contribution in [0.25, 0.3) is 0 Å². The lowest BCUT2D eigenvalue weighted by Gasteiger charge is -2.41. The van der Waals surface area contributed by atoms with Crippen LogP contribution in [-0.4, -0.2) is 121 Å². The number of esters is 2. The molecule has 10 atom stereocenters. The van der Waals surface area contributed by atoms with Crippen LogP contribution in [0.5, 0.6) is 0 Å². The van der Waals surface area contributed by atoms with Gasteiger partial charge in [0.05, 0.1) is 18.8 Å². The minimum Gasteiger partial charge on any atom is -0.462 e. The van der Waals surface area contributed by atoms with E-state index >= 15 is 0 Å². The fourth-order valence-corrected chi connectivity index (χ4v) is 7.52. The quantitative estimate of drug-likeness (QED) is 0.0127. The Morgan fingerprint density at radius 2 is 0.955 bits per heavy atom. The van der Waals surface area contributed by atoms with Crippen LogP contribution < -0.4 is 0 Å². The maximum absolute atomic E-state index is 12.8. The van der Waals surface area contributed by atoms with Gasteiger partial charge in [0.15, 0.2) is 6.10 Å². The summed E-state index contributed by atoms with van der Waals surface area (Å²) in [6.07, 6.45) is 31.9. The number of rotatable bonds is 38. The lowest BCUT2D eigenvalue weighted by atomic mass is 9.85. The minimum absolute atomic E-state index is 0.0929. The molecule has 0 aliphatic heterocycles. The zero-order valence-corrected chi connectivity index (χ0v) is 40.8. The zero-order chi connectivity index (χ0) is 49.5. The summed E-state index contributed by atoms with van der Waals surface area (Å²) in [6.45, 7) is 2.92. The molecule has 0 amide bonds. The number of ether oxygens (including phenoxy) is 2.